The molecule has 1 saturated heterocycles. The largest absolute Gasteiger partial charge is 0.378 e. The minimum atomic E-state index is 0.0936. The van der Waals surface area contributed by atoms with Crippen molar-refractivity contribution < 1.29 is 4.74 Å². The molecule has 0 radical (unpaired) electrons. The molecule has 1 heterocycles. The molecule has 0 aromatic heterocycles. The van der Waals surface area contributed by atoms with Gasteiger partial charge in [-0.1, -0.05) is 52.8 Å². The fourth-order valence-electron chi connectivity index (χ4n) is 3.48. The first-order valence-corrected chi connectivity index (χ1v) is 8.46. The summed E-state index contributed by atoms with van der Waals surface area (Å²) in [5.41, 5.74) is 10.8. The summed E-state index contributed by atoms with van der Waals surface area (Å²) in [5, 5.41) is 0. The number of rotatable bonds is 5. The van der Waals surface area contributed by atoms with E-state index < -0.39 is 0 Å². The molecule has 1 aliphatic heterocycles. The van der Waals surface area contributed by atoms with Gasteiger partial charge in [0.25, 0.3) is 0 Å². The first-order valence-electron chi connectivity index (χ1n) is 8.46. The molecule has 0 spiro atoms. The van der Waals surface area contributed by atoms with Gasteiger partial charge in [-0.2, -0.15) is 0 Å². The summed E-state index contributed by atoms with van der Waals surface area (Å²) in [7, 11) is 0. The van der Waals surface area contributed by atoms with Crippen LogP contribution in [0.3, 0.4) is 0 Å². The highest BCUT2D eigenvalue weighted by Gasteiger charge is 2.33. The molecule has 0 aliphatic carbocycles. The van der Waals surface area contributed by atoms with E-state index in [-0.39, 0.29) is 6.04 Å². The van der Waals surface area contributed by atoms with Crippen molar-refractivity contribution in [3.63, 3.8) is 0 Å². The number of ether oxygens (including phenoxy) is 1. The zero-order valence-electron chi connectivity index (χ0n) is 14.2. The Balaban J connectivity index is 2.33. The maximum Gasteiger partial charge on any atom is 0.0619 e. The highest BCUT2D eigenvalue weighted by atomic mass is 16.5. The third-order valence-corrected chi connectivity index (χ3v) is 4.88. The Bertz CT molecular complexity index is 467. The second-order valence-electron chi connectivity index (χ2n) is 6.99. The van der Waals surface area contributed by atoms with Gasteiger partial charge in [-0.05, 0) is 41.4 Å². The van der Waals surface area contributed by atoms with Gasteiger partial charge in [0.2, 0.25) is 0 Å². The maximum atomic E-state index is 6.65. The minimum absolute atomic E-state index is 0.0936. The summed E-state index contributed by atoms with van der Waals surface area (Å²) < 4.78 is 5.84. The van der Waals surface area contributed by atoms with Crippen LogP contribution in [0.4, 0.5) is 0 Å². The van der Waals surface area contributed by atoms with Crippen LogP contribution >= 0.6 is 0 Å². The quantitative estimate of drug-likeness (QED) is 0.849. The van der Waals surface area contributed by atoms with Crippen LogP contribution in [0.5, 0.6) is 0 Å². The van der Waals surface area contributed by atoms with Crippen molar-refractivity contribution in [2.24, 2.45) is 11.7 Å². The monoisotopic (exact) mass is 289 g/mol. The van der Waals surface area contributed by atoms with E-state index in [0.717, 1.165) is 19.4 Å². The Kier molecular flexibility index (Phi) is 5.45. The summed E-state index contributed by atoms with van der Waals surface area (Å²) in [4.78, 5) is 0. The molecule has 3 atom stereocenters. The number of benzene rings is 1. The molecule has 118 valence electrons. The zero-order chi connectivity index (χ0) is 15.6. The van der Waals surface area contributed by atoms with Gasteiger partial charge in [-0.15, -0.1) is 0 Å². The topological polar surface area (TPSA) is 35.2 Å². The fourth-order valence-corrected chi connectivity index (χ4v) is 3.48. The summed E-state index contributed by atoms with van der Waals surface area (Å²) >= 11 is 0. The van der Waals surface area contributed by atoms with Gasteiger partial charge in [0.05, 0.1) is 6.10 Å². The lowest BCUT2D eigenvalue weighted by Crippen LogP contribution is -2.29. The third-order valence-electron chi connectivity index (χ3n) is 4.88. The van der Waals surface area contributed by atoms with Crippen molar-refractivity contribution in [2.45, 2.75) is 71.4 Å². The van der Waals surface area contributed by atoms with Crippen LogP contribution in [-0.2, 0) is 4.74 Å². The Hall–Kier alpha value is -0.860. The van der Waals surface area contributed by atoms with Crippen molar-refractivity contribution in [1.29, 1.82) is 0 Å². The molecule has 1 aliphatic rings. The van der Waals surface area contributed by atoms with E-state index in [1.807, 2.05) is 0 Å². The van der Waals surface area contributed by atoms with Gasteiger partial charge in [-0.25, -0.2) is 0 Å². The third kappa shape index (κ3) is 3.49. The highest BCUT2D eigenvalue weighted by Crippen LogP contribution is 2.37. The Labute approximate surface area is 130 Å². The van der Waals surface area contributed by atoms with Crippen molar-refractivity contribution in [2.75, 3.05) is 6.61 Å². The number of nitrogens with two attached hydrogens (primary N) is 1. The molecule has 0 amide bonds. The Morgan fingerprint density at radius 3 is 2.43 bits per heavy atom. The van der Waals surface area contributed by atoms with Crippen LogP contribution in [0.25, 0.3) is 0 Å². The number of hydrogen-bond acceptors (Lipinski definition) is 2. The van der Waals surface area contributed by atoms with E-state index >= 15 is 0 Å². The van der Waals surface area contributed by atoms with Crippen LogP contribution < -0.4 is 5.73 Å². The van der Waals surface area contributed by atoms with Crippen molar-refractivity contribution in [3.05, 3.63) is 34.9 Å². The molecule has 2 N–H and O–H groups in total. The summed E-state index contributed by atoms with van der Waals surface area (Å²) in [6.07, 6.45) is 2.47. The van der Waals surface area contributed by atoms with E-state index in [4.69, 9.17) is 10.5 Å². The number of hydrogen-bond donors (Lipinski definition) is 1. The van der Waals surface area contributed by atoms with Gasteiger partial charge in [-0.3, -0.25) is 0 Å². The molecule has 0 bridgehead atoms. The Morgan fingerprint density at radius 2 is 1.86 bits per heavy atom. The molecule has 2 rings (SSSR count). The summed E-state index contributed by atoms with van der Waals surface area (Å²) in [6.45, 7) is 12.1. The van der Waals surface area contributed by atoms with Crippen molar-refractivity contribution in [3.8, 4) is 0 Å². The first-order chi connectivity index (χ1) is 9.95. The average Bonchev–Trinajstić information content (AvgIpc) is 2.94. The second kappa shape index (κ2) is 6.93. The van der Waals surface area contributed by atoms with E-state index in [2.05, 4.69) is 52.8 Å². The van der Waals surface area contributed by atoms with E-state index in [9.17, 15) is 0 Å². The molecule has 0 saturated carbocycles. The van der Waals surface area contributed by atoms with E-state index in [1.165, 1.54) is 16.7 Å². The molecule has 3 unspecified atom stereocenters. The van der Waals surface area contributed by atoms with Crippen LogP contribution in [-0.4, -0.2) is 12.7 Å². The van der Waals surface area contributed by atoms with Crippen molar-refractivity contribution in [1.82, 2.24) is 0 Å². The predicted molar refractivity (Wildman–Crippen MR) is 89.7 cm³/mol. The Morgan fingerprint density at radius 1 is 1.14 bits per heavy atom. The van der Waals surface area contributed by atoms with Crippen LogP contribution in [0.2, 0.25) is 0 Å². The first kappa shape index (κ1) is 16.5. The van der Waals surface area contributed by atoms with Crippen LogP contribution in [0, 0.1) is 5.92 Å². The molecule has 2 nitrogen and oxygen atoms in total. The fraction of sp³-hybridized carbons (Fsp3) is 0.684. The molecule has 2 heteroatoms. The van der Waals surface area contributed by atoms with Crippen LogP contribution in [0.1, 0.15) is 82.0 Å². The molecule has 1 fully saturated rings. The highest BCUT2D eigenvalue weighted by molar-refractivity contribution is 5.38. The van der Waals surface area contributed by atoms with Gasteiger partial charge in [0.15, 0.2) is 0 Å². The molecule has 1 aromatic rings. The normalized spacial score (nSPS) is 24.0. The minimum Gasteiger partial charge on any atom is -0.378 e. The zero-order valence-corrected chi connectivity index (χ0v) is 14.2. The lowest BCUT2D eigenvalue weighted by atomic mass is 9.82. The average molecular weight is 289 g/mol. The second-order valence-corrected chi connectivity index (χ2v) is 6.99. The van der Waals surface area contributed by atoms with Gasteiger partial charge in [0.1, 0.15) is 0 Å². The van der Waals surface area contributed by atoms with E-state index in [0.29, 0.717) is 23.9 Å². The van der Waals surface area contributed by atoms with Crippen molar-refractivity contribution >= 4 is 0 Å². The van der Waals surface area contributed by atoms with Gasteiger partial charge in [0, 0.05) is 18.6 Å². The standard InChI is InChI=1S/C19H31NO/c1-6-18-16(9-10-21-18)19(20)15-8-7-14(12(2)3)11-17(15)13(4)5/h7-8,11-13,16,18-19H,6,9-10,20H2,1-5H3. The lowest BCUT2D eigenvalue weighted by Gasteiger charge is -2.27. The summed E-state index contributed by atoms with van der Waals surface area (Å²) in [6, 6.07) is 6.97. The maximum absolute atomic E-state index is 6.65. The SMILES string of the molecule is CCC1OCCC1C(N)c1ccc(C(C)C)cc1C(C)C. The van der Waals surface area contributed by atoms with Gasteiger partial charge < -0.3 is 10.5 Å². The van der Waals surface area contributed by atoms with E-state index in [1.54, 1.807) is 0 Å². The smallest absolute Gasteiger partial charge is 0.0619 e. The predicted octanol–water partition coefficient (Wildman–Crippen LogP) is 4.75. The van der Waals surface area contributed by atoms with Crippen LogP contribution in [0.15, 0.2) is 18.2 Å². The lowest BCUT2D eigenvalue weighted by molar-refractivity contribution is 0.0812. The molecular weight excluding hydrogens is 258 g/mol. The molecular formula is C19H31NO. The summed E-state index contributed by atoms with van der Waals surface area (Å²) in [5.74, 6) is 1.52. The van der Waals surface area contributed by atoms with Gasteiger partial charge >= 0.3 is 0 Å². The molecule has 1 aromatic carbocycles. The molecule has 21 heavy (non-hydrogen) atoms.